The third kappa shape index (κ3) is 2.56. The highest BCUT2D eigenvalue weighted by atomic mass is 16.2. The van der Waals surface area contributed by atoms with E-state index in [9.17, 15) is 9.59 Å². The number of Topliss-reactive ketones (excluding diaryl/α,β-unsaturated/α-hetero) is 1. The van der Waals surface area contributed by atoms with E-state index in [0.29, 0.717) is 12.1 Å². The molecule has 0 aromatic heterocycles. The Hall–Kier alpha value is -0.860. The van der Waals surface area contributed by atoms with Crippen molar-refractivity contribution in [2.45, 2.75) is 58.5 Å². The van der Waals surface area contributed by atoms with Crippen molar-refractivity contribution in [1.29, 1.82) is 0 Å². The van der Waals surface area contributed by atoms with Crippen LogP contribution in [0.15, 0.2) is 0 Å². The van der Waals surface area contributed by atoms with Crippen LogP contribution in [0, 0.1) is 0 Å². The van der Waals surface area contributed by atoms with Gasteiger partial charge in [0.2, 0.25) is 5.91 Å². The van der Waals surface area contributed by atoms with E-state index in [1.54, 1.807) is 0 Å². The first-order valence-electron chi connectivity index (χ1n) is 5.33. The molecule has 0 spiro atoms. The number of carbonyl (C=O) groups excluding carboxylic acids is 2. The van der Waals surface area contributed by atoms with Crippen molar-refractivity contribution >= 4 is 11.7 Å². The minimum atomic E-state index is -0.0417. The van der Waals surface area contributed by atoms with Gasteiger partial charge in [-0.05, 0) is 40.0 Å². The summed E-state index contributed by atoms with van der Waals surface area (Å²) < 4.78 is 0. The van der Waals surface area contributed by atoms with Gasteiger partial charge in [-0.25, -0.2) is 0 Å². The SMILES string of the molecule is CC(=O)CC(=O)N1C(C)CCCC1C. The Bertz CT molecular complexity index is 227. The molecule has 2 unspecified atom stereocenters. The van der Waals surface area contributed by atoms with Crippen LogP contribution in [0.5, 0.6) is 0 Å². The molecule has 1 aliphatic heterocycles. The topological polar surface area (TPSA) is 37.4 Å². The van der Waals surface area contributed by atoms with E-state index in [1.807, 2.05) is 4.90 Å². The molecule has 14 heavy (non-hydrogen) atoms. The predicted octanol–water partition coefficient (Wildman–Crippen LogP) is 1.75. The predicted molar refractivity (Wildman–Crippen MR) is 54.9 cm³/mol. The lowest BCUT2D eigenvalue weighted by Crippen LogP contribution is -2.47. The molecule has 0 N–H and O–H groups in total. The lowest BCUT2D eigenvalue weighted by atomic mass is 9.97. The van der Waals surface area contributed by atoms with E-state index in [0.717, 1.165) is 12.8 Å². The summed E-state index contributed by atoms with van der Waals surface area (Å²) in [4.78, 5) is 24.5. The zero-order chi connectivity index (χ0) is 10.7. The van der Waals surface area contributed by atoms with Crippen LogP contribution >= 0.6 is 0 Å². The maximum absolute atomic E-state index is 11.7. The molecule has 1 fully saturated rings. The summed E-state index contributed by atoms with van der Waals surface area (Å²) in [7, 11) is 0. The largest absolute Gasteiger partial charge is 0.337 e. The third-order valence-corrected chi connectivity index (χ3v) is 2.88. The zero-order valence-corrected chi connectivity index (χ0v) is 9.25. The van der Waals surface area contributed by atoms with Crippen LogP contribution in [-0.2, 0) is 9.59 Å². The molecule has 2 atom stereocenters. The second-order valence-corrected chi connectivity index (χ2v) is 4.31. The first-order valence-corrected chi connectivity index (χ1v) is 5.33. The average molecular weight is 197 g/mol. The Morgan fingerprint density at radius 3 is 2.14 bits per heavy atom. The molecule has 0 saturated carbocycles. The monoisotopic (exact) mass is 197 g/mol. The van der Waals surface area contributed by atoms with Crippen molar-refractivity contribution in [3.63, 3.8) is 0 Å². The van der Waals surface area contributed by atoms with Crippen molar-refractivity contribution in [1.82, 2.24) is 4.90 Å². The molecule has 0 aliphatic carbocycles. The fourth-order valence-electron chi connectivity index (χ4n) is 2.22. The summed E-state index contributed by atoms with van der Waals surface area (Å²) in [6.45, 7) is 5.60. The van der Waals surface area contributed by atoms with Crippen molar-refractivity contribution in [3.05, 3.63) is 0 Å². The van der Waals surface area contributed by atoms with Crippen molar-refractivity contribution in [2.24, 2.45) is 0 Å². The van der Waals surface area contributed by atoms with Crippen molar-refractivity contribution in [2.75, 3.05) is 0 Å². The number of piperidine rings is 1. The summed E-state index contributed by atoms with van der Waals surface area (Å²) in [6, 6.07) is 0.594. The second-order valence-electron chi connectivity index (χ2n) is 4.31. The standard InChI is InChI=1S/C11H19NO2/c1-8-5-4-6-9(2)12(8)11(14)7-10(3)13/h8-9H,4-7H2,1-3H3. The number of likely N-dealkylation sites (tertiary alicyclic amines) is 1. The first kappa shape index (κ1) is 11.2. The average Bonchev–Trinajstić information content (AvgIpc) is 2.01. The highest BCUT2D eigenvalue weighted by molar-refractivity contribution is 5.97. The Labute approximate surface area is 85.5 Å². The van der Waals surface area contributed by atoms with Crippen molar-refractivity contribution in [3.8, 4) is 0 Å². The van der Waals surface area contributed by atoms with Crippen molar-refractivity contribution < 1.29 is 9.59 Å². The summed E-state index contributed by atoms with van der Waals surface area (Å²) in [5.41, 5.74) is 0. The molecule has 1 heterocycles. The maximum Gasteiger partial charge on any atom is 0.230 e. The molecule has 3 nitrogen and oxygen atoms in total. The number of hydrogen-bond donors (Lipinski definition) is 0. The van der Waals surface area contributed by atoms with Crippen LogP contribution in [-0.4, -0.2) is 28.7 Å². The van der Waals surface area contributed by atoms with Crippen LogP contribution in [0.1, 0.15) is 46.5 Å². The highest BCUT2D eigenvalue weighted by Gasteiger charge is 2.28. The van der Waals surface area contributed by atoms with Gasteiger partial charge >= 0.3 is 0 Å². The van der Waals surface area contributed by atoms with E-state index in [2.05, 4.69) is 13.8 Å². The van der Waals surface area contributed by atoms with Crippen LogP contribution in [0.25, 0.3) is 0 Å². The molecular formula is C11H19NO2. The van der Waals surface area contributed by atoms with Gasteiger partial charge in [-0.2, -0.15) is 0 Å². The molecule has 1 aliphatic rings. The molecule has 3 heteroatoms. The number of hydrogen-bond acceptors (Lipinski definition) is 2. The van der Waals surface area contributed by atoms with Gasteiger partial charge in [0, 0.05) is 12.1 Å². The van der Waals surface area contributed by atoms with E-state index in [1.165, 1.54) is 13.3 Å². The van der Waals surface area contributed by atoms with Gasteiger partial charge < -0.3 is 4.90 Å². The van der Waals surface area contributed by atoms with Gasteiger partial charge in [0.15, 0.2) is 0 Å². The van der Waals surface area contributed by atoms with Gasteiger partial charge in [-0.3, -0.25) is 9.59 Å². The molecular weight excluding hydrogens is 178 g/mol. The van der Waals surface area contributed by atoms with E-state index >= 15 is 0 Å². The number of rotatable bonds is 2. The number of nitrogens with zero attached hydrogens (tertiary/aromatic N) is 1. The van der Waals surface area contributed by atoms with Crippen LogP contribution in [0.3, 0.4) is 0 Å². The van der Waals surface area contributed by atoms with Crippen LogP contribution in [0.2, 0.25) is 0 Å². The fourth-order valence-corrected chi connectivity index (χ4v) is 2.22. The number of ketones is 1. The summed E-state index contributed by atoms with van der Waals surface area (Å²) in [5.74, 6) is -0.0443. The Morgan fingerprint density at radius 2 is 1.71 bits per heavy atom. The number of amides is 1. The molecule has 1 saturated heterocycles. The molecule has 0 bridgehead atoms. The quantitative estimate of drug-likeness (QED) is 0.632. The lowest BCUT2D eigenvalue weighted by molar-refractivity contribution is -0.139. The third-order valence-electron chi connectivity index (χ3n) is 2.88. The molecule has 0 aromatic carbocycles. The lowest BCUT2D eigenvalue weighted by Gasteiger charge is -2.39. The van der Waals surface area contributed by atoms with Gasteiger partial charge in [0.1, 0.15) is 5.78 Å². The van der Waals surface area contributed by atoms with Gasteiger partial charge in [-0.1, -0.05) is 0 Å². The zero-order valence-electron chi connectivity index (χ0n) is 9.25. The number of carbonyl (C=O) groups is 2. The van der Waals surface area contributed by atoms with E-state index < -0.39 is 0 Å². The molecule has 0 aromatic rings. The van der Waals surface area contributed by atoms with E-state index in [4.69, 9.17) is 0 Å². The summed E-state index contributed by atoms with van der Waals surface area (Å²) in [6.07, 6.45) is 3.38. The molecule has 0 radical (unpaired) electrons. The Morgan fingerprint density at radius 1 is 1.21 bits per heavy atom. The minimum absolute atomic E-state index is 0.00259. The van der Waals surface area contributed by atoms with Gasteiger partial charge in [0.25, 0.3) is 0 Å². The molecule has 1 rings (SSSR count). The highest BCUT2D eigenvalue weighted by Crippen LogP contribution is 2.23. The fraction of sp³-hybridized carbons (Fsp3) is 0.818. The summed E-state index contributed by atoms with van der Waals surface area (Å²) >= 11 is 0. The molecule has 80 valence electrons. The Kier molecular flexibility index (Phi) is 3.67. The molecule has 1 amide bonds. The van der Waals surface area contributed by atoms with Gasteiger partial charge in [-0.15, -0.1) is 0 Å². The smallest absolute Gasteiger partial charge is 0.230 e. The first-order chi connectivity index (χ1) is 6.52. The Balaban J connectivity index is 2.62. The van der Waals surface area contributed by atoms with Crippen LogP contribution in [0.4, 0.5) is 0 Å². The van der Waals surface area contributed by atoms with Gasteiger partial charge in [0.05, 0.1) is 6.42 Å². The minimum Gasteiger partial charge on any atom is -0.337 e. The summed E-state index contributed by atoms with van der Waals surface area (Å²) in [5, 5.41) is 0. The second kappa shape index (κ2) is 4.58. The van der Waals surface area contributed by atoms with E-state index in [-0.39, 0.29) is 18.1 Å². The van der Waals surface area contributed by atoms with Crippen LogP contribution < -0.4 is 0 Å². The maximum atomic E-state index is 11.7. The normalized spacial score (nSPS) is 27.5.